The molecular formula is C12H26O2S4. The fraction of sp³-hybridized carbons (Fsp3) is 1.00. The SMILES string of the molecule is CCCCS(=O)CCSSCCS(=O)CCCC. The quantitative estimate of drug-likeness (QED) is 0.382. The summed E-state index contributed by atoms with van der Waals surface area (Å²) in [7, 11) is 2.27. The van der Waals surface area contributed by atoms with E-state index in [1.807, 2.05) is 0 Å². The van der Waals surface area contributed by atoms with Gasteiger partial charge in [-0.2, -0.15) is 0 Å². The summed E-state index contributed by atoms with van der Waals surface area (Å²) in [5.74, 6) is 5.20. The monoisotopic (exact) mass is 330 g/mol. The van der Waals surface area contributed by atoms with Crippen molar-refractivity contribution in [3.63, 3.8) is 0 Å². The third-order valence-corrected chi connectivity index (χ3v) is 8.06. The Morgan fingerprint density at radius 3 is 1.44 bits per heavy atom. The highest BCUT2D eigenvalue weighted by atomic mass is 33.1. The van der Waals surface area contributed by atoms with E-state index >= 15 is 0 Å². The van der Waals surface area contributed by atoms with Crippen LogP contribution in [-0.4, -0.2) is 42.9 Å². The van der Waals surface area contributed by atoms with E-state index in [2.05, 4.69) is 13.8 Å². The summed E-state index contributed by atoms with van der Waals surface area (Å²) < 4.78 is 23.0. The molecule has 0 rings (SSSR count). The van der Waals surface area contributed by atoms with E-state index in [0.29, 0.717) is 0 Å². The summed E-state index contributed by atoms with van der Waals surface area (Å²) in [6.45, 7) is 4.25. The van der Waals surface area contributed by atoms with Crippen molar-refractivity contribution in [2.24, 2.45) is 0 Å². The van der Waals surface area contributed by atoms with Crippen LogP contribution < -0.4 is 0 Å². The van der Waals surface area contributed by atoms with E-state index in [9.17, 15) is 8.42 Å². The Bertz CT molecular complexity index is 210. The standard InChI is InChI=1S/C12H26O2S4/c1-3-5-9-17(13)11-7-15-16-8-12-18(14)10-6-4-2/h3-12H2,1-2H3. The van der Waals surface area contributed by atoms with Crippen molar-refractivity contribution in [3.8, 4) is 0 Å². The summed E-state index contributed by atoms with van der Waals surface area (Å²) in [6, 6.07) is 0. The second-order valence-electron chi connectivity index (χ2n) is 4.05. The van der Waals surface area contributed by atoms with Gasteiger partial charge in [0.1, 0.15) is 0 Å². The van der Waals surface area contributed by atoms with Crippen molar-refractivity contribution >= 4 is 43.2 Å². The highest BCUT2D eigenvalue weighted by molar-refractivity contribution is 8.76. The molecule has 0 radical (unpaired) electrons. The fourth-order valence-electron chi connectivity index (χ4n) is 1.19. The van der Waals surface area contributed by atoms with E-state index in [0.717, 1.165) is 60.2 Å². The first-order valence-electron chi connectivity index (χ1n) is 6.65. The van der Waals surface area contributed by atoms with E-state index in [1.165, 1.54) is 0 Å². The maximum Gasteiger partial charge on any atom is 0.0334 e. The molecule has 0 saturated heterocycles. The van der Waals surface area contributed by atoms with Crippen LogP contribution in [0.2, 0.25) is 0 Å². The predicted molar refractivity (Wildman–Crippen MR) is 90.5 cm³/mol. The average molecular weight is 331 g/mol. The number of hydrogen-bond donors (Lipinski definition) is 0. The lowest BCUT2D eigenvalue weighted by atomic mass is 10.4. The molecule has 2 nitrogen and oxygen atoms in total. The normalized spacial score (nSPS) is 14.6. The molecule has 0 aromatic rings. The van der Waals surface area contributed by atoms with Crippen LogP contribution in [0.3, 0.4) is 0 Å². The molecule has 6 heteroatoms. The minimum Gasteiger partial charge on any atom is -0.260 e. The molecule has 0 spiro atoms. The van der Waals surface area contributed by atoms with Gasteiger partial charge >= 0.3 is 0 Å². The second-order valence-corrected chi connectivity index (χ2v) is 10.1. The Morgan fingerprint density at radius 2 is 1.11 bits per heavy atom. The molecule has 18 heavy (non-hydrogen) atoms. The molecule has 0 aromatic carbocycles. The highest BCUT2D eigenvalue weighted by Crippen LogP contribution is 2.21. The average Bonchev–Trinajstić information content (AvgIpc) is 2.37. The van der Waals surface area contributed by atoms with Gasteiger partial charge in [-0.3, -0.25) is 8.42 Å². The molecule has 0 amide bonds. The van der Waals surface area contributed by atoms with E-state index in [4.69, 9.17) is 0 Å². The third-order valence-electron chi connectivity index (χ3n) is 2.32. The largest absolute Gasteiger partial charge is 0.260 e. The van der Waals surface area contributed by atoms with Gasteiger partial charge in [-0.1, -0.05) is 48.3 Å². The summed E-state index contributed by atoms with van der Waals surface area (Å²) in [6.07, 6.45) is 4.38. The van der Waals surface area contributed by atoms with Crippen molar-refractivity contribution in [2.75, 3.05) is 34.5 Å². The van der Waals surface area contributed by atoms with Crippen LogP contribution in [-0.2, 0) is 21.6 Å². The van der Waals surface area contributed by atoms with Gasteiger partial charge in [0.05, 0.1) is 0 Å². The molecular weight excluding hydrogens is 304 g/mol. The second kappa shape index (κ2) is 14.4. The Labute approximate surface area is 125 Å². The zero-order valence-electron chi connectivity index (χ0n) is 11.5. The number of rotatable bonds is 13. The Kier molecular flexibility index (Phi) is 15.2. The molecule has 2 atom stereocenters. The highest BCUT2D eigenvalue weighted by Gasteiger charge is 2.01. The summed E-state index contributed by atoms with van der Waals surface area (Å²) in [5, 5.41) is 0. The van der Waals surface area contributed by atoms with Crippen LogP contribution in [0, 0.1) is 0 Å². The van der Waals surface area contributed by atoms with Crippen molar-refractivity contribution < 1.29 is 8.42 Å². The molecule has 0 bridgehead atoms. The molecule has 0 aliphatic heterocycles. The lowest BCUT2D eigenvalue weighted by molar-refractivity contribution is 0.679. The minimum atomic E-state index is -0.633. The first-order valence-corrected chi connectivity index (χ1v) is 12.1. The third kappa shape index (κ3) is 13.4. The van der Waals surface area contributed by atoms with Crippen LogP contribution >= 0.6 is 21.6 Å². The van der Waals surface area contributed by atoms with Gasteiger partial charge in [-0.25, -0.2) is 0 Å². The first-order chi connectivity index (χ1) is 8.70. The van der Waals surface area contributed by atoms with Gasteiger partial charge in [0.15, 0.2) is 0 Å². The molecule has 2 unspecified atom stereocenters. The van der Waals surface area contributed by atoms with Gasteiger partial charge in [-0.15, -0.1) is 0 Å². The molecule has 0 aliphatic carbocycles. The van der Waals surface area contributed by atoms with Crippen LogP contribution in [0.25, 0.3) is 0 Å². The van der Waals surface area contributed by atoms with Crippen molar-refractivity contribution in [2.45, 2.75) is 39.5 Å². The van der Waals surface area contributed by atoms with Crippen molar-refractivity contribution in [1.29, 1.82) is 0 Å². The van der Waals surface area contributed by atoms with E-state index in [-0.39, 0.29) is 0 Å². The number of unbranched alkanes of at least 4 members (excludes halogenated alkanes) is 2. The van der Waals surface area contributed by atoms with Crippen molar-refractivity contribution in [3.05, 3.63) is 0 Å². The molecule has 0 heterocycles. The lowest BCUT2D eigenvalue weighted by Crippen LogP contribution is -2.05. The Hall–Kier alpha value is 1.000. The maximum atomic E-state index is 11.5. The van der Waals surface area contributed by atoms with Gasteiger partial charge in [0, 0.05) is 56.1 Å². The predicted octanol–water partition coefficient (Wildman–Crippen LogP) is 3.47. The van der Waals surface area contributed by atoms with Crippen LogP contribution in [0.4, 0.5) is 0 Å². The van der Waals surface area contributed by atoms with Gasteiger partial charge in [-0.05, 0) is 12.8 Å². The minimum absolute atomic E-state index is 0.633. The van der Waals surface area contributed by atoms with Gasteiger partial charge < -0.3 is 0 Å². The molecule has 110 valence electrons. The molecule has 0 aromatic heterocycles. The summed E-state index contributed by atoms with van der Waals surface area (Å²) in [5.41, 5.74) is 0. The van der Waals surface area contributed by atoms with Gasteiger partial charge in [0.2, 0.25) is 0 Å². The molecule has 0 aliphatic rings. The summed E-state index contributed by atoms with van der Waals surface area (Å²) >= 11 is 0. The smallest absolute Gasteiger partial charge is 0.0334 e. The van der Waals surface area contributed by atoms with E-state index in [1.54, 1.807) is 21.6 Å². The van der Waals surface area contributed by atoms with E-state index < -0.39 is 21.6 Å². The number of hydrogen-bond acceptors (Lipinski definition) is 4. The maximum absolute atomic E-state index is 11.5. The first kappa shape index (κ1) is 19.0. The molecule has 0 saturated carbocycles. The van der Waals surface area contributed by atoms with Crippen LogP contribution in [0.5, 0.6) is 0 Å². The van der Waals surface area contributed by atoms with Gasteiger partial charge in [0.25, 0.3) is 0 Å². The van der Waals surface area contributed by atoms with Crippen LogP contribution in [0.15, 0.2) is 0 Å². The Morgan fingerprint density at radius 1 is 0.722 bits per heavy atom. The van der Waals surface area contributed by atoms with Crippen LogP contribution in [0.1, 0.15) is 39.5 Å². The molecule has 0 N–H and O–H groups in total. The zero-order valence-corrected chi connectivity index (χ0v) is 14.8. The summed E-state index contributed by atoms with van der Waals surface area (Å²) in [4.78, 5) is 0. The molecule has 0 fully saturated rings. The topological polar surface area (TPSA) is 34.1 Å². The fourth-order valence-corrected chi connectivity index (χ4v) is 7.02. The zero-order chi connectivity index (χ0) is 13.6. The Balaban J connectivity index is 3.25. The lowest BCUT2D eigenvalue weighted by Gasteiger charge is -2.02. The van der Waals surface area contributed by atoms with Crippen molar-refractivity contribution in [1.82, 2.24) is 0 Å².